The van der Waals surface area contributed by atoms with E-state index in [0.717, 1.165) is 19.3 Å². The fraction of sp³-hybridized carbons (Fsp3) is 0.905. The summed E-state index contributed by atoms with van der Waals surface area (Å²) >= 11 is 0. The van der Waals surface area contributed by atoms with E-state index in [1.165, 1.54) is 83.5 Å². The Bertz CT molecular complexity index is 238. The predicted octanol–water partition coefficient (Wildman–Crippen LogP) is 7.02. The molecule has 0 fully saturated rings. The van der Waals surface area contributed by atoms with Crippen LogP contribution < -0.4 is 0 Å². The normalized spacial score (nSPS) is 10.9. The topological polar surface area (TPSA) is 26.3 Å². The molecule has 0 saturated carbocycles. The third kappa shape index (κ3) is 19.4. The van der Waals surface area contributed by atoms with Crippen LogP contribution in [0.3, 0.4) is 0 Å². The van der Waals surface area contributed by atoms with Crippen LogP contribution in [0.1, 0.15) is 117 Å². The zero-order chi connectivity index (χ0) is 17.0. The molecular weight excluding hydrogens is 284 g/mol. The molecule has 23 heavy (non-hydrogen) atoms. The van der Waals surface area contributed by atoms with Gasteiger partial charge in [0.15, 0.2) is 0 Å². The summed E-state index contributed by atoms with van der Waals surface area (Å²) in [5, 5.41) is 0. The van der Waals surface area contributed by atoms with Crippen molar-refractivity contribution in [1.82, 2.24) is 0 Å². The summed E-state index contributed by atoms with van der Waals surface area (Å²) < 4.78 is 5.16. The average molecular weight is 326 g/mol. The third-order valence-corrected chi connectivity index (χ3v) is 4.34. The molecule has 0 heterocycles. The van der Waals surface area contributed by atoms with Gasteiger partial charge in [-0.25, -0.2) is 0 Å². The number of ether oxygens (including phenoxy) is 1. The van der Waals surface area contributed by atoms with Crippen molar-refractivity contribution in [3.63, 3.8) is 0 Å². The van der Waals surface area contributed by atoms with E-state index in [-0.39, 0.29) is 5.97 Å². The lowest BCUT2D eigenvalue weighted by atomic mass is 10.0. The molecule has 0 aromatic carbocycles. The van der Waals surface area contributed by atoms with Gasteiger partial charge < -0.3 is 4.74 Å². The van der Waals surface area contributed by atoms with E-state index in [1.54, 1.807) is 6.42 Å². The van der Waals surface area contributed by atoms with Crippen molar-refractivity contribution in [3.8, 4) is 0 Å². The molecule has 0 bridgehead atoms. The van der Waals surface area contributed by atoms with Gasteiger partial charge in [-0.15, -0.1) is 0 Å². The van der Waals surface area contributed by atoms with E-state index in [1.807, 2.05) is 0 Å². The van der Waals surface area contributed by atoms with Crippen LogP contribution in [0.25, 0.3) is 0 Å². The number of hydrogen-bond acceptors (Lipinski definition) is 2. The molecule has 0 aromatic rings. The first kappa shape index (κ1) is 22.5. The van der Waals surface area contributed by atoms with E-state index in [0.29, 0.717) is 6.61 Å². The molecule has 0 N–H and O–H groups in total. The van der Waals surface area contributed by atoms with Gasteiger partial charge in [0.2, 0.25) is 0 Å². The highest BCUT2D eigenvalue weighted by molar-refractivity contribution is 5.78. The Morgan fingerprint density at radius 2 is 1.09 bits per heavy atom. The van der Waals surface area contributed by atoms with Crippen LogP contribution >= 0.6 is 0 Å². The zero-order valence-corrected chi connectivity index (χ0v) is 15.9. The molecule has 0 aliphatic heterocycles. The lowest BCUT2D eigenvalue weighted by molar-refractivity contribution is -0.139. The van der Waals surface area contributed by atoms with E-state index < -0.39 is 0 Å². The summed E-state index contributed by atoms with van der Waals surface area (Å²) in [4.78, 5) is 11.3. The second-order valence-corrected chi connectivity index (χ2v) is 6.76. The smallest absolute Gasteiger partial charge is 0.309 e. The molecule has 0 spiro atoms. The van der Waals surface area contributed by atoms with Gasteiger partial charge in [-0.3, -0.25) is 4.79 Å². The van der Waals surface area contributed by atoms with Gasteiger partial charge in [0.05, 0.1) is 13.0 Å². The lowest BCUT2D eigenvalue weighted by Crippen LogP contribution is -2.06. The Morgan fingerprint density at radius 1 is 0.652 bits per heavy atom. The minimum absolute atomic E-state index is 0.137. The highest BCUT2D eigenvalue weighted by Gasteiger charge is 2.01. The van der Waals surface area contributed by atoms with Crippen LogP contribution in [0.15, 0.2) is 0 Å². The minimum Gasteiger partial charge on any atom is -0.465 e. The molecule has 0 aliphatic carbocycles. The first-order valence-electron chi connectivity index (χ1n) is 10.3. The van der Waals surface area contributed by atoms with Crippen molar-refractivity contribution >= 4 is 5.97 Å². The summed E-state index contributed by atoms with van der Waals surface area (Å²) in [5.74, 6) is -0.137. The maximum atomic E-state index is 11.3. The molecule has 0 saturated heterocycles. The Labute approximate surface area is 145 Å². The molecule has 137 valence electrons. The molecule has 0 atom stereocenters. The molecule has 1 radical (unpaired) electrons. The van der Waals surface area contributed by atoms with Crippen LogP contribution in [0.5, 0.6) is 0 Å². The Morgan fingerprint density at radius 3 is 1.52 bits per heavy atom. The van der Waals surface area contributed by atoms with Crippen LogP contribution in [0, 0.1) is 6.42 Å². The molecule has 0 amide bonds. The Kier molecular flexibility index (Phi) is 19.1. The fourth-order valence-electron chi connectivity index (χ4n) is 2.79. The van der Waals surface area contributed by atoms with Gasteiger partial charge in [-0.1, -0.05) is 104 Å². The SMILES string of the molecule is CCC[CH]C(=O)OCCCCCCCCCCCCCCCC. The van der Waals surface area contributed by atoms with E-state index in [9.17, 15) is 4.79 Å². The van der Waals surface area contributed by atoms with Crippen LogP contribution in [-0.2, 0) is 9.53 Å². The first-order valence-corrected chi connectivity index (χ1v) is 10.3. The third-order valence-electron chi connectivity index (χ3n) is 4.34. The van der Waals surface area contributed by atoms with Crippen molar-refractivity contribution in [1.29, 1.82) is 0 Å². The predicted molar refractivity (Wildman–Crippen MR) is 100 cm³/mol. The Hall–Kier alpha value is -0.530. The molecular formula is C21H41O2. The highest BCUT2D eigenvalue weighted by atomic mass is 16.5. The van der Waals surface area contributed by atoms with E-state index >= 15 is 0 Å². The lowest BCUT2D eigenvalue weighted by Gasteiger charge is -2.05. The molecule has 0 aromatic heterocycles. The minimum atomic E-state index is -0.137. The monoisotopic (exact) mass is 325 g/mol. The average Bonchev–Trinajstić information content (AvgIpc) is 2.56. The van der Waals surface area contributed by atoms with Crippen molar-refractivity contribution in [3.05, 3.63) is 6.42 Å². The molecule has 0 unspecified atom stereocenters. The van der Waals surface area contributed by atoms with Crippen molar-refractivity contribution in [2.75, 3.05) is 6.61 Å². The summed E-state index contributed by atoms with van der Waals surface area (Å²) in [6.45, 7) is 4.94. The van der Waals surface area contributed by atoms with Crippen molar-refractivity contribution in [2.45, 2.75) is 117 Å². The molecule has 2 nitrogen and oxygen atoms in total. The van der Waals surface area contributed by atoms with Crippen LogP contribution in [0.4, 0.5) is 0 Å². The largest absolute Gasteiger partial charge is 0.465 e. The maximum Gasteiger partial charge on any atom is 0.309 e. The van der Waals surface area contributed by atoms with Crippen molar-refractivity contribution < 1.29 is 9.53 Å². The number of unbranched alkanes of at least 4 members (excludes halogenated alkanes) is 14. The molecule has 2 heteroatoms. The highest BCUT2D eigenvalue weighted by Crippen LogP contribution is 2.13. The van der Waals surface area contributed by atoms with Gasteiger partial charge in [0, 0.05) is 0 Å². The first-order chi connectivity index (χ1) is 11.3. The van der Waals surface area contributed by atoms with Crippen LogP contribution in [-0.4, -0.2) is 12.6 Å². The summed E-state index contributed by atoms with van der Waals surface area (Å²) in [6.07, 6.45) is 22.5. The standard InChI is InChI=1S/C21H41O2/c1-3-5-7-8-9-10-11-12-13-14-15-16-17-18-20-23-21(22)19-6-4-2/h19H,3-18,20H2,1-2H3. The summed E-state index contributed by atoms with van der Waals surface area (Å²) in [5.41, 5.74) is 0. The summed E-state index contributed by atoms with van der Waals surface area (Å²) in [6, 6.07) is 0. The van der Waals surface area contributed by atoms with E-state index in [2.05, 4.69) is 13.8 Å². The quantitative estimate of drug-likeness (QED) is 0.200. The van der Waals surface area contributed by atoms with Crippen LogP contribution in [0.2, 0.25) is 0 Å². The number of esters is 1. The Balaban J connectivity index is 3.04. The molecule has 0 rings (SSSR count). The van der Waals surface area contributed by atoms with Gasteiger partial charge in [-0.2, -0.15) is 0 Å². The maximum absolute atomic E-state index is 11.3. The number of rotatable bonds is 18. The van der Waals surface area contributed by atoms with Gasteiger partial charge >= 0.3 is 5.97 Å². The second kappa shape index (κ2) is 19.5. The second-order valence-electron chi connectivity index (χ2n) is 6.76. The fourth-order valence-corrected chi connectivity index (χ4v) is 2.79. The van der Waals surface area contributed by atoms with Gasteiger partial charge in [0.25, 0.3) is 0 Å². The number of carbonyl (C=O) groups is 1. The van der Waals surface area contributed by atoms with E-state index in [4.69, 9.17) is 4.74 Å². The van der Waals surface area contributed by atoms with Crippen molar-refractivity contribution in [2.24, 2.45) is 0 Å². The number of hydrogen-bond donors (Lipinski definition) is 0. The van der Waals surface area contributed by atoms with Gasteiger partial charge in [0.1, 0.15) is 0 Å². The molecule has 0 aliphatic rings. The van der Waals surface area contributed by atoms with Gasteiger partial charge in [-0.05, 0) is 12.8 Å². The summed E-state index contributed by atoms with van der Waals surface area (Å²) in [7, 11) is 0. The zero-order valence-electron chi connectivity index (χ0n) is 15.9. The number of carbonyl (C=O) groups excluding carboxylic acids is 1.